The molecule has 20 heavy (non-hydrogen) atoms. The van der Waals surface area contributed by atoms with E-state index in [0.717, 1.165) is 35.4 Å². The predicted molar refractivity (Wildman–Crippen MR) is 82.0 cm³/mol. The summed E-state index contributed by atoms with van der Waals surface area (Å²) >= 11 is 0. The lowest BCUT2D eigenvalue weighted by atomic mass is 10.0. The molecule has 3 heteroatoms. The fourth-order valence-electron chi connectivity index (χ4n) is 2.06. The van der Waals surface area contributed by atoms with Gasteiger partial charge in [0.1, 0.15) is 5.75 Å². The molecule has 1 amide bonds. The van der Waals surface area contributed by atoms with Crippen molar-refractivity contribution in [1.29, 1.82) is 0 Å². The molecule has 0 heterocycles. The molecule has 0 fully saturated rings. The molecule has 3 nitrogen and oxygen atoms in total. The van der Waals surface area contributed by atoms with Crippen LogP contribution < -0.4 is 10.1 Å². The number of benzene rings is 2. The van der Waals surface area contributed by atoms with Crippen LogP contribution in [0.4, 0.5) is 5.69 Å². The lowest BCUT2D eigenvalue weighted by Crippen LogP contribution is -2.02. The standard InChI is InChI=1S/C17H19NO2/c1-2-3-12-20-16-11-7-10-15(18-13-19)17(16)14-8-5-4-6-9-14/h4-11,13H,2-3,12H2,1H3,(H,18,19). The molecule has 2 aromatic carbocycles. The minimum absolute atomic E-state index is 0.681. The van der Waals surface area contributed by atoms with Gasteiger partial charge in [-0.2, -0.15) is 0 Å². The van der Waals surface area contributed by atoms with Gasteiger partial charge in [-0.25, -0.2) is 0 Å². The van der Waals surface area contributed by atoms with E-state index in [1.165, 1.54) is 0 Å². The van der Waals surface area contributed by atoms with Crippen LogP contribution in [-0.2, 0) is 4.79 Å². The van der Waals surface area contributed by atoms with Crippen molar-refractivity contribution in [2.75, 3.05) is 11.9 Å². The number of nitrogens with one attached hydrogen (secondary N) is 1. The molecule has 0 saturated heterocycles. The van der Waals surface area contributed by atoms with Crippen LogP contribution in [-0.4, -0.2) is 13.0 Å². The van der Waals surface area contributed by atoms with E-state index in [-0.39, 0.29) is 0 Å². The minimum atomic E-state index is 0.681. The molecule has 2 aromatic rings. The molecule has 0 spiro atoms. The number of anilines is 1. The van der Waals surface area contributed by atoms with Gasteiger partial charge in [0.25, 0.3) is 0 Å². The maximum absolute atomic E-state index is 10.8. The second kappa shape index (κ2) is 7.34. The molecule has 1 N–H and O–H groups in total. The normalized spacial score (nSPS) is 10.1. The molecule has 0 bridgehead atoms. The Balaban J connectivity index is 2.40. The van der Waals surface area contributed by atoms with Crippen molar-refractivity contribution in [3.05, 3.63) is 48.5 Å². The molecule has 0 unspecified atom stereocenters. The van der Waals surface area contributed by atoms with Gasteiger partial charge < -0.3 is 10.1 Å². The Morgan fingerprint density at radius 1 is 1.10 bits per heavy atom. The van der Waals surface area contributed by atoms with E-state index in [4.69, 9.17) is 4.74 Å². The first-order chi connectivity index (χ1) is 9.86. The van der Waals surface area contributed by atoms with Gasteiger partial charge >= 0.3 is 0 Å². The zero-order valence-corrected chi connectivity index (χ0v) is 11.6. The van der Waals surface area contributed by atoms with E-state index in [1.807, 2.05) is 48.5 Å². The summed E-state index contributed by atoms with van der Waals surface area (Å²) in [4.78, 5) is 10.8. The van der Waals surface area contributed by atoms with Gasteiger partial charge in [-0.05, 0) is 24.1 Å². The van der Waals surface area contributed by atoms with E-state index in [0.29, 0.717) is 13.0 Å². The summed E-state index contributed by atoms with van der Waals surface area (Å²) < 4.78 is 5.86. The molecule has 0 radical (unpaired) electrons. The zero-order valence-electron chi connectivity index (χ0n) is 11.6. The van der Waals surface area contributed by atoms with Crippen molar-refractivity contribution in [2.24, 2.45) is 0 Å². The van der Waals surface area contributed by atoms with Crippen LogP contribution in [0.25, 0.3) is 11.1 Å². The molecule has 0 aliphatic heterocycles. The molecule has 2 rings (SSSR count). The summed E-state index contributed by atoms with van der Waals surface area (Å²) in [6.45, 7) is 2.81. The fourth-order valence-corrected chi connectivity index (χ4v) is 2.06. The van der Waals surface area contributed by atoms with Crippen LogP contribution in [0.15, 0.2) is 48.5 Å². The van der Waals surface area contributed by atoms with Gasteiger partial charge in [0, 0.05) is 5.56 Å². The largest absolute Gasteiger partial charge is 0.493 e. The maximum atomic E-state index is 10.8. The fraction of sp³-hybridized carbons (Fsp3) is 0.235. The van der Waals surface area contributed by atoms with Gasteiger partial charge in [0.05, 0.1) is 12.3 Å². The van der Waals surface area contributed by atoms with Crippen molar-refractivity contribution in [3.8, 4) is 16.9 Å². The third-order valence-electron chi connectivity index (χ3n) is 3.06. The second-order valence-electron chi connectivity index (χ2n) is 4.51. The Kier molecular flexibility index (Phi) is 5.18. The molecule has 0 aliphatic carbocycles. The summed E-state index contributed by atoms with van der Waals surface area (Å²) in [5, 5.41) is 2.74. The highest BCUT2D eigenvalue weighted by atomic mass is 16.5. The monoisotopic (exact) mass is 269 g/mol. The zero-order chi connectivity index (χ0) is 14.2. The summed E-state index contributed by atoms with van der Waals surface area (Å²) in [5.74, 6) is 0.802. The SMILES string of the molecule is CCCCOc1cccc(NC=O)c1-c1ccccc1. The number of hydrogen-bond donors (Lipinski definition) is 1. The first kappa shape index (κ1) is 14.1. The van der Waals surface area contributed by atoms with E-state index in [1.54, 1.807) is 0 Å². The Hall–Kier alpha value is -2.29. The van der Waals surface area contributed by atoms with Gasteiger partial charge in [-0.15, -0.1) is 0 Å². The molecule has 0 aromatic heterocycles. The average molecular weight is 269 g/mol. The molecule has 0 atom stereocenters. The summed E-state index contributed by atoms with van der Waals surface area (Å²) in [6.07, 6.45) is 2.80. The Morgan fingerprint density at radius 3 is 2.60 bits per heavy atom. The lowest BCUT2D eigenvalue weighted by molar-refractivity contribution is -0.105. The number of rotatable bonds is 7. The lowest BCUT2D eigenvalue weighted by Gasteiger charge is -2.15. The van der Waals surface area contributed by atoms with Crippen LogP contribution in [0.2, 0.25) is 0 Å². The van der Waals surface area contributed by atoms with Gasteiger partial charge in [0.15, 0.2) is 0 Å². The summed E-state index contributed by atoms with van der Waals surface area (Å²) in [7, 11) is 0. The summed E-state index contributed by atoms with van der Waals surface area (Å²) in [5.41, 5.74) is 2.72. The topological polar surface area (TPSA) is 38.3 Å². The Morgan fingerprint density at radius 2 is 1.90 bits per heavy atom. The van der Waals surface area contributed by atoms with Crippen LogP contribution in [0, 0.1) is 0 Å². The highest BCUT2D eigenvalue weighted by molar-refractivity contribution is 5.88. The average Bonchev–Trinajstić information content (AvgIpc) is 2.49. The van der Waals surface area contributed by atoms with Crippen LogP contribution in [0.5, 0.6) is 5.75 Å². The third kappa shape index (κ3) is 3.38. The van der Waals surface area contributed by atoms with E-state index < -0.39 is 0 Å². The van der Waals surface area contributed by atoms with Gasteiger partial charge in [-0.3, -0.25) is 4.79 Å². The number of unbranched alkanes of at least 4 members (excludes halogenated alkanes) is 1. The van der Waals surface area contributed by atoms with Gasteiger partial charge in [0.2, 0.25) is 6.41 Å². The minimum Gasteiger partial charge on any atom is -0.493 e. The maximum Gasteiger partial charge on any atom is 0.211 e. The molecule has 0 saturated carbocycles. The van der Waals surface area contributed by atoms with Crippen LogP contribution >= 0.6 is 0 Å². The number of carbonyl (C=O) groups excluding carboxylic acids is 1. The first-order valence-corrected chi connectivity index (χ1v) is 6.88. The molecule has 104 valence electrons. The molecule has 0 aliphatic rings. The molecular formula is C17H19NO2. The van der Waals surface area contributed by atoms with Crippen molar-refractivity contribution < 1.29 is 9.53 Å². The second-order valence-corrected chi connectivity index (χ2v) is 4.51. The Bertz CT molecular complexity index is 552. The van der Waals surface area contributed by atoms with Crippen LogP contribution in [0.1, 0.15) is 19.8 Å². The van der Waals surface area contributed by atoms with E-state index in [2.05, 4.69) is 12.2 Å². The number of hydrogen-bond acceptors (Lipinski definition) is 2. The van der Waals surface area contributed by atoms with Gasteiger partial charge in [-0.1, -0.05) is 49.7 Å². The quantitative estimate of drug-likeness (QED) is 0.607. The van der Waals surface area contributed by atoms with Crippen molar-refractivity contribution >= 4 is 12.1 Å². The first-order valence-electron chi connectivity index (χ1n) is 6.88. The smallest absolute Gasteiger partial charge is 0.211 e. The number of carbonyl (C=O) groups is 1. The van der Waals surface area contributed by atoms with Crippen LogP contribution in [0.3, 0.4) is 0 Å². The third-order valence-corrected chi connectivity index (χ3v) is 3.06. The van der Waals surface area contributed by atoms with E-state index >= 15 is 0 Å². The van der Waals surface area contributed by atoms with Crippen molar-refractivity contribution in [3.63, 3.8) is 0 Å². The van der Waals surface area contributed by atoms with Crippen molar-refractivity contribution in [1.82, 2.24) is 0 Å². The predicted octanol–water partition coefficient (Wildman–Crippen LogP) is 4.10. The summed E-state index contributed by atoms with van der Waals surface area (Å²) in [6, 6.07) is 15.6. The highest BCUT2D eigenvalue weighted by Gasteiger charge is 2.11. The van der Waals surface area contributed by atoms with E-state index in [9.17, 15) is 4.79 Å². The number of ether oxygens (including phenoxy) is 1. The van der Waals surface area contributed by atoms with Crippen molar-refractivity contribution in [2.45, 2.75) is 19.8 Å². The Labute approximate surface area is 119 Å². The number of amides is 1. The molecular weight excluding hydrogens is 250 g/mol. The highest BCUT2D eigenvalue weighted by Crippen LogP contribution is 2.36.